The molecular weight excluding hydrogens is 400 g/mol. The van der Waals surface area contributed by atoms with Crippen LogP contribution in [0.25, 0.3) is 16.5 Å². The summed E-state index contributed by atoms with van der Waals surface area (Å²) in [6.45, 7) is 6.13. The lowest BCUT2D eigenvalue weighted by molar-refractivity contribution is -0.111. The van der Waals surface area contributed by atoms with E-state index in [-0.39, 0.29) is 5.69 Å². The average Bonchev–Trinajstić information content (AvgIpc) is 3.11. The molecule has 1 aliphatic rings. The zero-order chi connectivity index (χ0) is 22.1. The van der Waals surface area contributed by atoms with E-state index in [2.05, 4.69) is 5.32 Å². The average molecular weight is 425 g/mol. The highest BCUT2D eigenvalue weighted by Crippen LogP contribution is 2.41. The summed E-state index contributed by atoms with van der Waals surface area (Å²) in [6, 6.07) is 4.96. The van der Waals surface area contributed by atoms with Gasteiger partial charge in [0.15, 0.2) is 0 Å². The van der Waals surface area contributed by atoms with Gasteiger partial charge in [0.25, 0.3) is 0 Å². The van der Waals surface area contributed by atoms with Gasteiger partial charge in [-0.25, -0.2) is 8.78 Å². The number of hydrogen-bond acceptors (Lipinski definition) is 3. The molecule has 3 aromatic rings. The summed E-state index contributed by atoms with van der Waals surface area (Å²) in [5.41, 5.74) is 4.21. The van der Waals surface area contributed by atoms with Crippen LogP contribution in [0.2, 0.25) is 0 Å². The number of benzene rings is 2. The zero-order valence-electron chi connectivity index (χ0n) is 17.9. The number of rotatable bonds is 5. The predicted octanol–water partition coefficient (Wildman–Crippen LogP) is 6.34. The summed E-state index contributed by atoms with van der Waals surface area (Å²) < 4.78 is 39.4. The van der Waals surface area contributed by atoms with Crippen molar-refractivity contribution >= 4 is 28.1 Å². The number of furan rings is 1. The van der Waals surface area contributed by atoms with Crippen molar-refractivity contribution in [2.24, 2.45) is 0 Å². The normalized spacial score (nSPS) is 13.9. The summed E-state index contributed by atoms with van der Waals surface area (Å²) >= 11 is 0. The van der Waals surface area contributed by atoms with Crippen LogP contribution in [0.4, 0.5) is 14.5 Å². The Morgan fingerprint density at radius 1 is 1.23 bits per heavy atom. The Hall–Kier alpha value is -3.15. The second-order valence-electron chi connectivity index (χ2n) is 7.84. The van der Waals surface area contributed by atoms with Gasteiger partial charge < -0.3 is 14.5 Å². The minimum Gasteiger partial charge on any atom is -0.493 e. The van der Waals surface area contributed by atoms with Gasteiger partial charge in [-0.1, -0.05) is 0 Å². The first kappa shape index (κ1) is 21.1. The summed E-state index contributed by atoms with van der Waals surface area (Å²) in [6.07, 6.45) is 5.52. The molecular formula is C25H25F2NO3. The number of aryl methyl sites for hydroxylation is 3. The molecule has 1 aromatic heterocycles. The molecule has 1 amide bonds. The summed E-state index contributed by atoms with van der Waals surface area (Å²) in [7, 11) is 0. The third-order valence-electron chi connectivity index (χ3n) is 5.67. The van der Waals surface area contributed by atoms with Crippen molar-refractivity contribution in [3.63, 3.8) is 0 Å². The van der Waals surface area contributed by atoms with Gasteiger partial charge in [-0.2, -0.15) is 0 Å². The van der Waals surface area contributed by atoms with Crippen LogP contribution >= 0.6 is 0 Å². The Kier molecular flexibility index (Phi) is 5.81. The molecule has 0 unspecified atom stereocenters. The largest absolute Gasteiger partial charge is 0.493 e. The number of halogens is 2. The molecule has 1 N–H and O–H groups in total. The van der Waals surface area contributed by atoms with Gasteiger partial charge in [-0.3, -0.25) is 4.79 Å². The lowest BCUT2D eigenvalue weighted by Gasteiger charge is -2.15. The van der Waals surface area contributed by atoms with Crippen LogP contribution in [0.15, 0.2) is 34.8 Å². The van der Waals surface area contributed by atoms with Crippen LogP contribution in [0.1, 0.15) is 49.1 Å². The van der Waals surface area contributed by atoms with Crippen molar-refractivity contribution in [1.29, 1.82) is 0 Å². The first-order chi connectivity index (χ1) is 14.9. The van der Waals surface area contributed by atoms with Crippen molar-refractivity contribution in [1.82, 2.24) is 0 Å². The molecule has 0 aliphatic heterocycles. The van der Waals surface area contributed by atoms with Crippen LogP contribution < -0.4 is 10.1 Å². The molecule has 4 nitrogen and oxygen atoms in total. The second kappa shape index (κ2) is 8.53. The number of ether oxygens (including phenoxy) is 1. The maximum Gasteiger partial charge on any atom is 0.248 e. The molecule has 1 heterocycles. The van der Waals surface area contributed by atoms with Crippen molar-refractivity contribution < 1.29 is 22.7 Å². The fourth-order valence-corrected chi connectivity index (χ4v) is 4.20. The highest BCUT2D eigenvalue weighted by molar-refractivity contribution is 6.05. The van der Waals surface area contributed by atoms with Crippen LogP contribution in [0, 0.1) is 18.6 Å². The minimum absolute atomic E-state index is 0.199. The van der Waals surface area contributed by atoms with Crippen molar-refractivity contribution in [3.05, 3.63) is 64.4 Å². The number of allylic oxidation sites excluding steroid dienone is 1. The smallest absolute Gasteiger partial charge is 0.248 e. The van der Waals surface area contributed by atoms with Crippen molar-refractivity contribution in [2.45, 2.75) is 46.5 Å². The number of anilines is 1. The monoisotopic (exact) mass is 425 g/mol. The van der Waals surface area contributed by atoms with E-state index in [0.717, 1.165) is 71.7 Å². The topological polar surface area (TPSA) is 51.5 Å². The van der Waals surface area contributed by atoms with Gasteiger partial charge in [0.2, 0.25) is 5.91 Å². The highest BCUT2D eigenvalue weighted by atomic mass is 19.1. The molecule has 0 spiro atoms. The summed E-state index contributed by atoms with van der Waals surface area (Å²) in [4.78, 5) is 12.5. The predicted molar refractivity (Wildman–Crippen MR) is 117 cm³/mol. The van der Waals surface area contributed by atoms with Crippen LogP contribution in [-0.2, 0) is 17.6 Å². The second-order valence-corrected chi connectivity index (χ2v) is 7.84. The molecule has 162 valence electrons. The molecule has 0 atom stereocenters. The van der Waals surface area contributed by atoms with Gasteiger partial charge in [0, 0.05) is 40.6 Å². The van der Waals surface area contributed by atoms with E-state index >= 15 is 0 Å². The number of nitrogens with one attached hydrogen (secondary N) is 1. The fourth-order valence-electron chi connectivity index (χ4n) is 4.20. The maximum absolute atomic E-state index is 13.9. The molecule has 4 rings (SSSR count). The third kappa shape index (κ3) is 4.07. The molecule has 0 saturated carbocycles. The lowest BCUT2D eigenvalue weighted by Crippen LogP contribution is -2.10. The van der Waals surface area contributed by atoms with Gasteiger partial charge in [0.1, 0.15) is 28.7 Å². The van der Waals surface area contributed by atoms with Crippen LogP contribution in [0.3, 0.4) is 0 Å². The van der Waals surface area contributed by atoms with Gasteiger partial charge in [-0.05, 0) is 63.8 Å². The Balaban J connectivity index is 1.75. The first-order valence-corrected chi connectivity index (χ1v) is 10.5. The zero-order valence-corrected chi connectivity index (χ0v) is 17.9. The van der Waals surface area contributed by atoms with Crippen LogP contribution in [-0.4, -0.2) is 12.5 Å². The summed E-state index contributed by atoms with van der Waals surface area (Å²) in [5.74, 6) is -0.166. The van der Waals surface area contributed by atoms with Crippen LogP contribution in [0.5, 0.6) is 5.75 Å². The van der Waals surface area contributed by atoms with E-state index in [1.165, 1.54) is 11.6 Å². The molecule has 0 radical (unpaired) electrons. The van der Waals surface area contributed by atoms with E-state index < -0.39 is 17.5 Å². The first-order valence-electron chi connectivity index (χ1n) is 10.5. The molecule has 0 fully saturated rings. The van der Waals surface area contributed by atoms with E-state index in [1.54, 1.807) is 6.92 Å². The Bertz CT molecular complexity index is 1190. The minimum atomic E-state index is -0.696. The van der Waals surface area contributed by atoms with Gasteiger partial charge in [-0.15, -0.1) is 0 Å². The summed E-state index contributed by atoms with van der Waals surface area (Å²) in [5, 5.41) is 3.46. The molecule has 6 heteroatoms. The SMILES string of the molecule is CCOc1c(/C(C)=C/C(=O)Nc2cc(F)ccc2F)cc2c3c(oc2c1C)CCCC3. The molecule has 0 bridgehead atoms. The standard InChI is InChI=1S/C25H25F2NO3/c1-4-30-24-15(3)25-19(17-7-5-6-8-22(17)31-25)13-18(24)14(2)11-23(29)28-21-12-16(26)9-10-20(21)27/h9-13H,4-8H2,1-3H3,(H,28,29)/b14-11+. The van der Waals surface area contributed by atoms with Gasteiger partial charge in [0.05, 0.1) is 12.3 Å². The highest BCUT2D eigenvalue weighted by Gasteiger charge is 2.23. The van der Waals surface area contributed by atoms with Gasteiger partial charge >= 0.3 is 0 Å². The fraction of sp³-hybridized carbons (Fsp3) is 0.320. The van der Waals surface area contributed by atoms with E-state index in [0.29, 0.717) is 17.9 Å². The molecule has 1 aliphatic carbocycles. The lowest BCUT2D eigenvalue weighted by atomic mass is 9.93. The number of fused-ring (bicyclic) bond motifs is 3. The maximum atomic E-state index is 13.9. The Labute approximate surface area is 179 Å². The molecule has 0 saturated heterocycles. The Morgan fingerprint density at radius 2 is 2.00 bits per heavy atom. The quantitative estimate of drug-likeness (QED) is 0.486. The number of hydrogen-bond donors (Lipinski definition) is 1. The molecule has 2 aromatic carbocycles. The number of carbonyl (C=O) groups excluding carboxylic acids is 1. The van der Waals surface area contributed by atoms with E-state index in [9.17, 15) is 13.6 Å². The van der Waals surface area contributed by atoms with E-state index in [4.69, 9.17) is 9.15 Å². The Morgan fingerprint density at radius 3 is 2.77 bits per heavy atom. The van der Waals surface area contributed by atoms with E-state index in [1.807, 2.05) is 19.9 Å². The van der Waals surface area contributed by atoms with Crippen molar-refractivity contribution in [3.8, 4) is 5.75 Å². The van der Waals surface area contributed by atoms with Crippen molar-refractivity contribution in [2.75, 3.05) is 11.9 Å². The molecule has 31 heavy (non-hydrogen) atoms. The number of amides is 1. The number of carbonyl (C=O) groups is 1. The third-order valence-corrected chi connectivity index (χ3v) is 5.67.